The molecule has 0 radical (unpaired) electrons. The molecule has 4 rings (SSSR count). The van der Waals surface area contributed by atoms with Crippen LogP contribution in [0.4, 0.5) is 24.7 Å². The van der Waals surface area contributed by atoms with E-state index in [1.807, 2.05) is 31.2 Å². The fraction of sp³-hybridized carbons (Fsp3) is 0.0952. The zero-order chi connectivity index (χ0) is 20.4. The van der Waals surface area contributed by atoms with Crippen LogP contribution in [0.3, 0.4) is 0 Å². The van der Waals surface area contributed by atoms with E-state index in [1.54, 1.807) is 24.5 Å². The minimum absolute atomic E-state index is 0.315. The third-order valence-electron chi connectivity index (χ3n) is 4.18. The highest BCUT2D eigenvalue weighted by Gasteiger charge is 2.31. The number of nitrogens with one attached hydrogen (secondary N) is 1. The first-order chi connectivity index (χ1) is 13.9. The van der Waals surface area contributed by atoms with Gasteiger partial charge in [-0.1, -0.05) is 18.2 Å². The van der Waals surface area contributed by atoms with E-state index < -0.39 is 6.36 Å². The van der Waals surface area contributed by atoms with Gasteiger partial charge < -0.3 is 10.1 Å². The van der Waals surface area contributed by atoms with E-state index in [4.69, 9.17) is 0 Å². The van der Waals surface area contributed by atoms with Gasteiger partial charge in [0.1, 0.15) is 11.6 Å². The third-order valence-corrected chi connectivity index (χ3v) is 4.18. The molecular formula is C21H15F3N4O. The molecule has 2 heterocycles. The molecule has 5 nitrogen and oxygen atoms in total. The lowest BCUT2D eigenvalue weighted by Crippen LogP contribution is -2.17. The van der Waals surface area contributed by atoms with E-state index in [1.165, 1.54) is 18.2 Å². The maximum atomic E-state index is 12.5. The van der Waals surface area contributed by atoms with Crippen LogP contribution in [0.25, 0.3) is 22.3 Å². The standard InChI is InChI=1S/C21H15F3N4O/c1-13-5-2-9-17-18(13)27-19(14-6-4-10-25-12-14)28-20(17)26-15-7-3-8-16(11-15)29-21(22,23)24/h2-12H,1H3,(H,26,27,28). The lowest BCUT2D eigenvalue weighted by Gasteiger charge is -2.14. The van der Waals surface area contributed by atoms with Crippen molar-refractivity contribution in [2.24, 2.45) is 0 Å². The average Bonchev–Trinajstić information content (AvgIpc) is 2.68. The highest BCUT2D eigenvalue weighted by Crippen LogP contribution is 2.31. The molecule has 0 spiro atoms. The maximum Gasteiger partial charge on any atom is 0.573 e. The summed E-state index contributed by atoms with van der Waals surface area (Å²) in [5, 5.41) is 3.84. The smallest absolute Gasteiger partial charge is 0.406 e. The van der Waals surface area contributed by atoms with E-state index in [0.29, 0.717) is 17.3 Å². The number of ether oxygens (including phenoxy) is 1. The number of anilines is 2. The van der Waals surface area contributed by atoms with Gasteiger partial charge in [-0.2, -0.15) is 0 Å². The predicted molar refractivity (Wildman–Crippen MR) is 104 cm³/mol. The molecule has 0 bridgehead atoms. The van der Waals surface area contributed by atoms with Gasteiger partial charge in [0.05, 0.1) is 5.52 Å². The van der Waals surface area contributed by atoms with E-state index in [0.717, 1.165) is 22.0 Å². The van der Waals surface area contributed by atoms with Crippen molar-refractivity contribution in [2.75, 3.05) is 5.32 Å². The summed E-state index contributed by atoms with van der Waals surface area (Å²) in [6.45, 7) is 1.93. The van der Waals surface area contributed by atoms with Crippen molar-refractivity contribution in [3.63, 3.8) is 0 Å². The first-order valence-corrected chi connectivity index (χ1v) is 8.70. The monoisotopic (exact) mass is 396 g/mol. The van der Waals surface area contributed by atoms with Gasteiger partial charge in [-0.15, -0.1) is 13.2 Å². The van der Waals surface area contributed by atoms with Crippen LogP contribution < -0.4 is 10.1 Å². The normalized spacial score (nSPS) is 11.4. The molecule has 29 heavy (non-hydrogen) atoms. The van der Waals surface area contributed by atoms with Gasteiger partial charge in [0.15, 0.2) is 5.82 Å². The zero-order valence-corrected chi connectivity index (χ0v) is 15.2. The first-order valence-electron chi connectivity index (χ1n) is 8.70. The van der Waals surface area contributed by atoms with Crippen molar-refractivity contribution in [3.05, 3.63) is 72.6 Å². The molecule has 0 aliphatic heterocycles. The average molecular weight is 396 g/mol. The van der Waals surface area contributed by atoms with Gasteiger partial charge in [-0.25, -0.2) is 9.97 Å². The quantitative estimate of drug-likeness (QED) is 0.484. The molecule has 2 aromatic carbocycles. The van der Waals surface area contributed by atoms with Gasteiger partial charge in [0.2, 0.25) is 0 Å². The molecule has 0 amide bonds. The summed E-state index contributed by atoms with van der Waals surface area (Å²) in [6.07, 6.45) is -1.45. The fourth-order valence-corrected chi connectivity index (χ4v) is 2.92. The molecule has 1 N–H and O–H groups in total. The van der Waals surface area contributed by atoms with Crippen LogP contribution in [0.15, 0.2) is 67.0 Å². The number of aromatic nitrogens is 3. The Labute approximate surface area is 164 Å². The fourth-order valence-electron chi connectivity index (χ4n) is 2.92. The number of nitrogens with zero attached hydrogens (tertiary/aromatic N) is 3. The number of hydrogen-bond donors (Lipinski definition) is 1. The van der Waals surface area contributed by atoms with Crippen molar-refractivity contribution in [1.29, 1.82) is 0 Å². The van der Waals surface area contributed by atoms with Gasteiger partial charge >= 0.3 is 6.36 Å². The number of halogens is 3. The molecule has 0 saturated carbocycles. The first kappa shape index (κ1) is 18.7. The SMILES string of the molecule is Cc1cccc2c(Nc3cccc(OC(F)(F)F)c3)nc(-c3cccnc3)nc12. The van der Waals surface area contributed by atoms with E-state index in [9.17, 15) is 13.2 Å². The molecule has 0 saturated heterocycles. The van der Waals surface area contributed by atoms with E-state index >= 15 is 0 Å². The van der Waals surface area contributed by atoms with Gasteiger partial charge in [-0.05, 0) is 42.8 Å². The summed E-state index contributed by atoms with van der Waals surface area (Å²) in [5.74, 6) is 0.622. The third kappa shape index (κ3) is 4.26. The number of benzene rings is 2. The van der Waals surface area contributed by atoms with Crippen molar-refractivity contribution in [1.82, 2.24) is 15.0 Å². The Kier molecular flexibility index (Phi) is 4.75. The summed E-state index contributed by atoms with van der Waals surface area (Å²) in [4.78, 5) is 13.3. The Morgan fingerprint density at radius 1 is 0.966 bits per heavy atom. The lowest BCUT2D eigenvalue weighted by atomic mass is 10.1. The topological polar surface area (TPSA) is 59.9 Å². The summed E-state index contributed by atoms with van der Waals surface area (Å²) in [6, 6.07) is 14.9. The second-order valence-electron chi connectivity index (χ2n) is 6.31. The Balaban J connectivity index is 1.79. The van der Waals surface area contributed by atoms with Crippen LogP contribution in [0.2, 0.25) is 0 Å². The number of hydrogen-bond acceptors (Lipinski definition) is 5. The van der Waals surface area contributed by atoms with Crippen LogP contribution in [-0.4, -0.2) is 21.3 Å². The molecule has 4 aromatic rings. The Morgan fingerprint density at radius 3 is 2.55 bits per heavy atom. The largest absolute Gasteiger partial charge is 0.573 e. The summed E-state index contributed by atoms with van der Waals surface area (Å²) in [5.41, 5.74) is 2.83. The van der Waals surface area contributed by atoms with Gasteiger partial charge in [0, 0.05) is 35.1 Å². The second-order valence-corrected chi connectivity index (χ2v) is 6.31. The predicted octanol–water partition coefficient (Wildman–Crippen LogP) is 5.64. The summed E-state index contributed by atoms with van der Waals surface area (Å²) in [7, 11) is 0. The molecule has 0 aliphatic carbocycles. The van der Waals surface area contributed by atoms with Crippen molar-refractivity contribution < 1.29 is 17.9 Å². The number of alkyl halides is 3. The Bertz CT molecular complexity index is 1160. The maximum absolute atomic E-state index is 12.5. The number of pyridine rings is 1. The van der Waals surface area contributed by atoms with Crippen molar-refractivity contribution in [2.45, 2.75) is 13.3 Å². The number of fused-ring (bicyclic) bond motifs is 1. The molecule has 0 aliphatic rings. The van der Waals surface area contributed by atoms with Gasteiger partial charge in [-0.3, -0.25) is 4.98 Å². The van der Waals surface area contributed by atoms with Crippen LogP contribution in [-0.2, 0) is 0 Å². The molecule has 0 atom stereocenters. The molecule has 8 heteroatoms. The van der Waals surface area contributed by atoms with Crippen molar-refractivity contribution >= 4 is 22.4 Å². The zero-order valence-electron chi connectivity index (χ0n) is 15.2. The number of para-hydroxylation sites is 1. The lowest BCUT2D eigenvalue weighted by molar-refractivity contribution is -0.274. The summed E-state index contributed by atoms with van der Waals surface area (Å²) < 4.78 is 41.6. The minimum atomic E-state index is -4.76. The highest BCUT2D eigenvalue weighted by atomic mass is 19.4. The van der Waals surface area contributed by atoms with Gasteiger partial charge in [0.25, 0.3) is 0 Å². The Morgan fingerprint density at radius 2 is 1.79 bits per heavy atom. The van der Waals surface area contributed by atoms with Crippen LogP contribution in [0, 0.1) is 6.92 Å². The molecule has 2 aromatic heterocycles. The molecule has 0 unspecified atom stereocenters. The molecule has 146 valence electrons. The van der Waals surface area contributed by atoms with Crippen molar-refractivity contribution in [3.8, 4) is 17.1 Å². The van der Waals surface area contributed by atoms with Crippen LogP contribution >= 0.6 is 0 Å². The van der Waals surface area contributed by atoms with E-state index in [2.05, 4.69) is 25.0 Å². The minimum Gasteiger partial charge on any atom is -0.406 e. The van der Waals surface area contributed by atoms with E-state index in [-0.39, 0.29) is 5.75 Å². The summed E-state index contributed by atoms with van der Waals surface area (Å²) >= 11 is 0. The second kappa shape index (κ2) is 7.38. The molecular weight excluding hydrogens is 381 g/mol. The number of rotatable bonds is 4. The Hall–Kier alpha value is -3.68. The molecule has 0 fully saturated rings. The van der Waals surface area contributed by atoms with Crippen LogP contribution in [0.1, 0.15) is 5.56 Å². The van der Waals surface area contributed by atoms with Crippen LogP contribution in [0.5, 0.6) is 5.75 Å². The number of aryl methyl sites for hydroxylation is 1. The highest BCUT2D eigenvalue weighted by molar-refractivity contribution is 5.94.